The highest BCUT2D eigenvalue weighted by molar-refractivity contribution is 5.93. The molecule has 212 valence electrons. The molecule has 2 aliphatic heterocycles. The molecule has 10 nitrogen and oxygen atoms in total. The largest absolute Gasteiger partial charge is 0.418 e. The van der Waals surface area contributed by atoms with Gasteiger partial charge in [-0.2, -0.15) is 23.5 Å². The molecule has 6 rings (SSSR count). The Hall–Kier alpha value is -4.51. The summed E-state index contributed by atoms with van der Waals surface area (Å²) in [5.74, 6) is -0.463. The first kappa shape index (κ1) is 26.7. The topological polar surface area (TPSA) is 119 Å². The van der Waals surface area contributed by atoms with Crippen molar-refractivity contribution in [1.82, 2.24) is 34.5 Å². The van der Waals surface area contributed by atoms with Gasteiger partial charge >= 0.3 is 12.2 Å². The molecule has 0 unspecified atom stereocenters. The van der Waals surface area contributed by atoms with E-state index in [2.05, 4.69) is 36.3 Å². The second-order valence-electron chi connectivity index (χ2n) is 10.4. The minimum Gasteiger partial charge on any atom is -0.346 e. The summed E-state index contributed by atoms with van der Waals surface area (Å²) in [7, 11) is 0. The number of nitriles is 1. The fraction of sp³-hybridized carbons (Fsp3) is 0.370. The lowest BCUT2D eigenvalue weighted by Gasteiger charge is -2.53. The molecule has 2 aliphatic rings. The summed E-state index contributed by atoms with van der Waals surface area (Å²) in [6, 6.07) is 4.38. The zero-order chi connectivity index (χ0) is 28.8. The number of hydrogen-bond acceptors (Lipinski definition) is 6. The number of nitrogens with zero attached hydrogens (tertiary/aromatic N) is 7. The van der Waals surface area contributed by atoms with Crippen LogP contribution in [0, 0.1) is 17.1 Å². The Morgan fingerprint density at radius 1 is 1.20 bits per heavy atom. The number of pyridine rings is 2. The van der Waals surface area contributed by atoms with E-state index in [-0.39, 0.29) is 18.2 Å². The van der Waals surface area contributed by atoms with Gasteiger partial charge in [-0.3, -0.25) is 14.6 Å². The minimum atomic E-state index is -4.61. The molecule has 0 saturated carbocycles. The number of aromatic amines is 1. The second-order valence-corrected chi connectivity index (χ2v) is 10.4. The molecule has 2 amide bonds. The van der Waals surface area contributed by atoms with Gasteiger partial charge in [0.2, 0.25) is 0 Å². The van der Waals surface area contributed by atoms with E-state index in [1.807, 2.05) is 0 Å². The van der Waals surface area contributed by atoms with Crippen molar-refractivity contribution in [1.29, 1.82) is 5.26 Å². The van der Waals surface area contributed by atoms with Crippen molar-refractivity contribution in [2.75, 3.05) is 31.5 Å². The lowest BCUT2D eigenvalue weighted by molar-refractivity contribution is -0.137. The molecule has 0 aliphatic carbocycles. The van der Waals surface area contributed by atoms with Crippen LogP contribution < -0.4 is 5.32 Å². The first-order valence-electron chi connectivity index (χ1n) is 13.0. The molecule has 0 spiro atoms. The predicted molar refractivity (Wildman–Crippen MR) is 140 cm³/mol. The van der Waals surface area contributed by atoms with Crippen LogP contribution in [-0.2, 0) is 11.7 Å². The van der Waals surface area contributed by atoms with Crippen LogP contribution in [-0.4, -0.2) is 72.8 Å². The average molecular weight is 568 g/mol. The van der Waals surface area contributed by atoms with E-state index >= 15 is 0 Å². The standard InChI is InChI=1S/C27H25F4N9O/c28-21-12-35-24-19(1-8-34-24)23(21)17-11-36-40(14-17)26(5-6-32)15-39(16-26)18-3-9-38(10-4-18)25(41)37-22-13-33-7-2-20(22)27(29,30)31/h1-2,7-8,11-14,18H,3-5,9-10,15-16H2,(H,34,35)(H,37,41). The van der Waals surface area contributed by atoms with E-state index in [1.165, 1.54) is 11.1 Å². The fourth-order valence-electron chi connectivity index (χ4n) is 5.81. The molecule has 6 heterocycles. The molecule has 2 saturated heterocycles. The van der Waals surface area contributed by atoms with Gasteiger partial charge in [0, 0.05) is 67.3 Å². The molecule has 0 radical (unpaired) electrons. The zero-order valence-electron chi connectivity index (χ0n) is 21.7. The maximum atomic E-state index is 14.8. The summed E-state index contributed by atoms with van der Waals surface area (Å²) in [5.41, 5.74) is -0.347. The third-order valence-electron chi connectivity index (χ3n) is 7.94. The van der Waals surface area contributed by atoms with Crippen LogP contribution in [0.25, 0.3) is 22.2 Å². The van der Waals surface area contributed by atoms with E-state index in [4.69, 9.17) is 0 Å². The number of halogens is 4. The zero-order valence-corrected chi connectivity index (χ0v) is 21.7. The lowest BCUT2D eigenvalue weighted by Crippen LogP contribution is -2.66. The highest BCUT2D eigenvalue weighted by Crippen LogP contribution is 2.38. The third kappa shape index (κ3) is 4.86. The van der Waals surface area contributed by atoms with Crippen molar-refractivity contribution in [3.8, 4) is 17.2 Å². The molecule has 0 atom stereocenters. The number of piperidine rings is 1. The number of urea groups is 1. The Bertz CT molecular complexity index is 1630. The van der Waals surface area contributed by atoms with Crippen LogP contribution in [0.1, 0.15) is 24.8 Å². The van der Waals surface area contributed by atoms with Gasteiger partial charge in [0.05, 0.1) is 42.3 Å². The number of carbonyl (C=O) groups excluding carboxylic acids is 1. The number of amides is 2. The molecule has 4 aromatic rings. The monoisotopic (exact) mass is 567 g/mol. The first-order chi connectivity index (χ1) is 19.7. The molecule has 14 heteroatoms. The number of likely N-dealkylation sites (tertiary alicyclic amines) is 2. The summed E-state index contributed by atoms with van der Waals surface area (Å²) in [5, 5.41) is 17.1. The van der Waals surface area contributed by atoms with Crippen molar-refractivity contribution in [3.63, 3.8) is 0 Å². The number of nitrogens with one attached hydrogen (secondary N) is 2. The molecule has 2 N–H and O–H groups in total. The van der Waals surface area contributed by atoms with Gasteiger partial charge in [-0.15, -0.1) is 0 Å². The predicted octanol–water partition coefficient (Wildman–Crippen LogP) is 4.60. The fourth-order valence-corrected chi connectivity index (χ4v) is 5.81. The molecule has 41 heavy (non-hydrogen) atoms. The maximum absolute atomic E-state index is 14.8. The first-order valence-corrected chi connectivity index (χ1v) is 13.0. The average Bonchev–Trinajstić information content (AvgIpc) is 3.61. The van der Waals surface area contributed by atoms with E-state index in [0.717, 1.165) is 18.5 Å². The van der Waals surface area contributed by atoms with Gasteiger partial charge in [-0.1, -0.05) is 0 Å². The van der Waals surface area contributed by atoms with E-state index < -0.39 is 29.1 Å². The summed E-state index contributed by atoms with van der Waals surface area (Å²) < 4.78 is 56.3. The van der Waals surface area contributed by atoms with Crippen LogP contribution in [0.4, 0.5) is 28.0 Å². The molecule has 0 aromatic carbocycles. The highest BCUT2D eigenvalue weighted by Gasteiger charge is 2.48. The maximum Gasteiger partial charge on any atom is 0.418 e. The van der Waals surface area contributed by atoms with Crippen molar-refractivity contribution in [2.45, 2.75) is 37.0 Å². The summed E-state index contributed by atoms with van der Waals surface area (Å²) in [6.45, 7) is 1.86. The number of H-pyrrole nitrogens is 1. The number of aromatic nitrogens is 5. The van der Waals surface area contributed by atoms with Gasteiger partial charge in [0.15, 0.2) is 0 Å². The SMILES string of the molecule is N#CCC1(n2cc(-c3c(F)cnc4[nH]ccc34)cn2)CN(C2CCN(C(=O)Nc3cnccc3C(F)(F)F)CC2)C1. The quantitative estimate of drug-likeness (QED) is 0.341. The van der Waals surface area contributed by atoms with Gasteiger partial charge in [0.25, 0.3) is 0 Å². The Balaban J connectivity index is 1.10. The molecule has 0 bridgehead atoms. The normalized spacial score (nSPS) is 17.8. The number of alkyl halides is 3. The van der Waals surface area contributed by atoms with Gasteiger partial charge in [-0.05, 0) is 25.0 Å². The molecule has 4 aromatic heterocycles. The van der Waals surface area contributed by atoms with Crippen molar-refractivity contribution in [3.05, 3.63) is 60.7 Å². The van der Waals surface area contributed by atoms with Crippen molar-refractivity contribution >= 4 is 22.8 Å². The Morgan fingerprint density at radius 2 is 1.98 bits per heavy atom. The number of anilines is 1. The molecular formula is C27H25F4N9O. The number of carbonyl (C=O) groups is 1. The summed E-state index contributed by atoms with van der Waals surface area (Å²) in [4.78, 5) is 27.2. The second kappa shape index (κ2) is 10.2. The molecule has 2 fully saturated rings. The van der Waals surface area contributed by atoms with Crippen molar-refractivity contribution in [2.24, 2.45) is 0 Å². The van der Waals surface area contributed by atoms with Crippen LogP contribution >= 0.6 is 0 Å². The van der Waals surface area contributed by atoms with E-state index in [1.54, 1.807) is 29.3 Å². The Morgan fingerprint density at radius 3 is 2.71 bits per heavy atom. The number of hydrogen-bond donors (Lipinski definition) is 2. The highest BCUT2D eigenvalue weighted by atomic mass is 19.4. The summed E-state index contributed by atoms with van der Waals surface area (Å²) >= 11 is 0. The third-order valence-corrected chi connectivity index (χ3v) is 7.94. The summed E-state index contributed by atoms with van der Waals surface area (Å²) in [6.07, 6.45) is 5.12. The van der Waals surface area contributed by atoms with E-state index in [0.29, 0.717) is 61.2 Å². The Labute approximate surface area is 231 Å². The van der Waals surface area contributed by atoms with Gasteiger partial charge in [-0.25, -0.2) is 14.2 Å². The lowest BCUT2D eigenvalue weighted by atomic mass is 9.84. The number of rotatable bonds is 5. The molecular weight excluding hydrogens is 542 g/mol. The van der Waals surface area contributed by atoms with Crippen molar-refractivity contribution < 1.29 is 22.4 Å². The van der Waals surface area contributed by atoms with Gasteiger partial charge < -0.3 is 15.2 Å². The van der Waals surface area contributed by atoms with E-state index in [9.17, 15) is 27.6 Å². The van der Waals surface area contributed by atoms with Crippen LogP contribution in [0.5, 0.6) is 0 Å². The smallest absolute Gasteiger partial charge is 0.346 e. The number of fused-ring (bicyclic) bond motifs is 1. The van der Waals surface area contributed by atoms with Crippen LogP contribution in [0.15, 0.2) is 49.3 Å². The van der Waals surface area contributed by atoms with Crippen LogP contribution in [0.3, 0.4) is 0 Å². The minimum absolute atomic E-state index is 0.141. The Kier molecular flexibility index (Phi) is 6.61. The van der Waals surface area contributed by atoms with Gasteiger partial charge in [0.1, 0.15) is 17.0 Å². The van der Waals surface area contributed by atoms with Crippen LogP contribution in [0.2, 0.25) is 0 Å².